The third-order valence-electron chi connectivity index (χ3n) is 1.90. The zero-order valence-electron chi connectivity index (χ0n) is 7.62. The van der Waals surface area contributed by atoms with Crippen LogP contribution in [-0.4, -0.2) is 10.1 Å². The van der Waals surface area contributed by atoms with Crippen LogP contribution in [0, 0.1) is 0 Å². The summed E-state index contributed by atoms with van der Waals surface area (Å²) in [5.41, 5.74) is -0.515. The largest absolute Gasteiger partial charge is 0.416 e. The highest BCUT2D eigenvalue weighted by Crippen LogP contribution is 2.34. The van der Waals surface area contributed by atoms with Crippen LogP contribution in [0.3, 0.4) is 0 Å². The van der Waals surface area contributed by atoms with Gasteiger partial charge in [-0.3, -0.25) is 0 Å². The fourth-order valence-electron chi connectivity index (χ4n) is 1.16. The predicted octanol–water partition coefficient (Wildman–Crippen LogP) is 3.52. The molecule has 1 heterocycles. The van der Waals surface area contributed by atoms with Crippen molar-refractivity contribution in [3.05, 3.63) is 34.6 Å². The lowest BCUT2D eigenvalue weighted by molar-refractivity contribution is -0.137. The standard InChI is InChI=1S/C9H4BrF3N2O/c10-7-2-1-5(9(11,12)13)3-6(7)8-14-4-16-15-8/h1-4H. The molecule has 3 nitrogen and oxygen atoms in total. The molecule has 0 aliphatic rings. The van der Waals surface area contributed by atoms with E-state index in [1.807, 2.05) is 0 Å². The smallest absolute Gasteiger partial charge is 0.342 e. The van der Waals surface area contributed by atoms with Gasteiger partial charge in [0.25, 0.3) is 0 Å². The van der Waals surface area contributed by atoms with E-state index in [2.05, 4.69) is 30.6 Å². The van der Waals surface area contributed by atoms with E-state index in [1.54, 1.807) is 0 Å². The summed E-state index contributed by atoms with van der Waals surface area (Å²) >= 11 is 3.13. The maximum Gasteiger partial charge on any atom is 0.416 e. The van der Waals surface area contributed by atoms with Crippen molar-refractivity contribution in [1.82, 2.24) is 10.1 Å². The molecule has 0 bridgehead atoms. The Morgan fingerprint density at radius 1 is 1.25 bits per heavy atom. The molecule has 0 aliphatic carbocycles. The molecule has 2 rings (SSSR count). The number of aromatic nitrogens is 2. The van der Waals surface area contributed by atoms with Crippen LogP contribution in [0.5, 0.6) is 0 Å². The number of nitrogens with zero attached hydrogens (tertiary/aromatic N) is 2. The van der Waals surface area contributed by atoms with Crippen molar-refractivity contribution < 1.29 is 17.7 Å². The number of hydrogen-bond acceptors (Lipinski definition) is 3. The Morgan fingerprint density at radius 3 is 2.56 bits per heavy atom. The molecule has 2 aromatic rings. The minimum absolute atomic E-state index is 0.109. The monoisotopic (exact) mass is 292 g/mol. The highest BCUT2D eigenvalue weighted by molar-refractivity contribution is 9.10. The van der Waals surface area contributed by atoms with Crippen molar-refractivity contribution in [2.45, 2.75) is 6.18 Å². The van der Waals surface area contributed by atoms with Crippen LogP contribution in [0.2, 0.25) is 0 Å². The van der Waals surface area contributed by atoms with Crippen molar-refractivity contribution in [2.75, 3.05) is 0 Å². The number of benzene rings is 1. The average Bonchev–Trinajstić information content (AvgIpc) is 2.69. The van der Waals surface area contributed by atoms with Gasteiger partial charge in [0.1, 0.15) is 0 Å². The lowest BCUT2D eigenvalue weighted by atomic mass is 10.1. The van der Waals surface area contributed by atoms with Crippen molar-refractivity contribution in [3.63, 3.8) is 0 Å². The molecule has 0 aliphatic heterocycles. The summed E-state index contributed by atoms with van der Waals surface area (Å²) in [5.74, 6) is 0.109. The number of alkyl halides is 3. The first-order valence-corrected chi connectivity index (χ1v) is 4.91. The van der Waals surface area contributed by atoms with E-state index < -0.39 is 11.7 Å². The summed E-state index contributed by atoms with van der Waals surface area (Å²) in [6.45, 7) is 0. The van der Waals surface area contributed by atoms with Gasteiger partial charge in [-0.2, -0.15) is 18.2 Å². The zero-order valence-corrected chi connectivity index (χ0v) is 9.21. The molecule has 0 saturated carbocycles. The van der Waals surface area contributed by atoms with Crippen LogP contribution in [-0.2, 0) is 6.18 Å². The van der Waals surface area contributed by atoms with Gasteiger partial charge in [-0.1, -0.05) is 21.1 Å². The van der Waals surface area contributed by atoms with E-state index >= 15 is 0 Å². The second-order valence-corrected chi connectivity index (χ2v) is 3.80. The quantitative estimate of drug-likeness (QED) is 0.807. The van der Waals surface area contributed by atoms with Gasteiger partial charge in [0.05, 0.1) is 5.56 Å². The van der Waals surface area contributed by atoms with Gasteiger partial charge >= 0.3 is 6.18 Å². The SMILES string of the molecule is FC(F)(F)c1ccc(Br)c(-c2ncon2)c1. The van der Waals surface area contributed by atoms with Crippen LogP contribution in [0.4, 0.5) is 13.2 Å². The molecule has 1 aromatic carbocycles. The van der Waals surface area contributed by atoms with Gasteiger partial charge in [-0.05, 0) is 18.2 Å². The molecule has 0 radical (unpaired) electrons. The molecule has 0 amide bonds. The Balaban J connectivity index is 2.54. The van der Waals surface area contributed by atoms with Gasteiger partial charge in [0.15, 0.2) is 0 Å². The van der Waals surface area contributed by atoms with Crippen molar-refractivity contribution >= 4 is 15.9 Å². The van der Waals surface area contributed by atoms with Crippen LogP contribution < -0.4 is 0 Å². The van der Waals surface area contributed by atoms with E-state index in [4.69, 9.17) is 0 Å². The topological polar surface area (TPSA) is 38.9 Å². The van der Waals surface area contributed by atoms with E-state index in [1.165, 1.54) is 6.07 Å². The van der Waals surface area contributed by atoms with Crippen LogP contribution in [0.1, 0.15) is 5.56 Å². The van der Waals surface area contributed by atoms with E-state index in [9.17, 15) is 13.2 Å². The molecular formula is C9H4BrF3N2O. The summed E-state index contributed by atoms with van der Waals surface area (Å²) in [6, 6.07) is 3.25. The predicted molar refractivity (Wildman–Crippen MR) is 52.4 cm³/mol. The van der Waals surface area contributed by atoms with Gasteiger partial charge in [0, 0.05) is 10.0 Å². The highest BCUT2D eigenvalue weighted by atomic mass is 79.9. The molecule has 0 atom stereocenters. The van der Waals surface area contributed by atoms with E-state index in [0.717, 1.165) is 18.5 Å². The van der Waals surface area contributed by atoms with Gasteiger partial charge in [-0.25, -0.2) is 0 Å². The average molecular weight is 293 g/mol. The Kier molecular flexibility index (Phi) is 2.71. The van der Waals surface area contributed by atoms with Crippen molar-refractivity contribution in [3.8, 4) is 11.4 Å². The summed E-state index contributed by atoms with van der Waals surface area (Å²) < 4.78 is 42.3. The summed E-state index contributed by atoms with van der Waals surface area (Å²) in [6.07, 6.45) is -3.33. The van der Waals surface area contributed by atoms with Crippen molar-refractivity contribution in [2.24, 2.45) is 0 Å². The third-order valence-corrected chi connectivity index (χ3v) is 2.59. The fraction of sp³-hybridized carbons (Fsp3) is 0.111. The van der Waals surface area contributed by atoms with Crippen LogP contribution >= 0.6 is 15.9 Å². The first kappa shape index (κ1) is 11.1. The van der Waals surface area contributed by atoms with Crippen LogP contribution in [0.25, 0.3) is 11.4 Å². The molecule has 0 spiro atoms. The number of halogens is 4. The third kappa shape index (κ3) is 2.08. The molecule has 7 heteroatoms. The molecular weight excluding hydrogens is 289 g/mol. The molecule has 1 aromatic heterocycles. The lowest BCUT2D eigenvalue weighted by Gasteiger charge is -2.08. The molecule has 16 heavy (non-hydrogen) atoms. The maximum atomic E-state index is 12.5. The lowest BCUT2D eigenvalue weighted by Crippen LogP contribution is -2.05. The fourth-order valence-corrected chi connectivity index (χ4v) is 1.59. The van der Waals surface area contributed by atoms with E-state index in [0.29, 0.717) is 4.47 Å². The van der Waals surface area contributed by atoms with Gasteiger partial charge in [0.2, 0.25) is 12.2 Å². The molecule has 0 N–H and O–H groups in total. The Labute approximate surface area is 96.4 Å². The molecule has 0 saturated heterocycles. The first-order chi connectivity index (χ1) is 7.48. The second kappa shape index (κ2) is 3.89. The van der Waals surface area contributed by atoms with Gasteiger partial charge in [-0.15, -0.1) is 0 Å². The van der Waals surface area contributed by atoms with Crippen molar-refractivity contribution in [1.29, 1.82) is 0 Å². The Bertz CT molecular complexity index is 496. The summed E-state index contributed by atoms with van der Waals surface area (Å²) in [7, 11) is 0. The Morgan fingerprint density at radius 2 is 2.00 bits per heavy atom. The maximum absolute atomic E-state index is 12.5. The minimum atomic E-state index is -4.39. The minimum Gasteiger partial charge on any atom is -0.342 e. The molecule has 0 fully saturated rings. The second-order valence-electron chi connectivity index (χ2n) is 2.95. The molecule has 84 valence electrons. The molecule has 0 unspecified atom stereocenters. The number of rotatable bonds is 1. The van der Waals surface area contributed by atoms with E-state index in [-0.39, 0.29) is 11.4 Å². The zero-order chi connectivity index (χ0) is 11.8. The summed E-state index contributed by atoms with van der Waals surface area (Å²) in [5, 5.41) is 3.49. The van der Waals surface area contributed by atoms with Crippen LogP contribution in [0.15, 0.2) is 33.6 Å². The first-order valence-electron chi connectivity index (χ1n) is 4.12. The normalized spacial score (nSPS) is 11.8. The number of hydrogen-bond donors (Lipinski definition) is 0. The van der Waals surface area contributed by atoms with Gasteiger partial charge < -0.3 is 4.52 Å². The highest BCUT2D eigenvalue weighted by Gasteiger charge is 2.31. The Hall–Kier alpha value is -1.37. The summed E-state index contributed by atoms with van der Waals surface area (Å²) in [4.78, 5) is 3.70.